The van der Waals surface area contributed by atoms with Gasteiger partial charge in [-0.25, -0.2) is 4.79 Å². The van der Waals surface area contributed by atoms with Gasteiger partial charge in [0.2, 0.25) is 0 Å². The van der Waals surface area contributed by atoms with Crippen LogP contribution in [-0.4, -0.2) is 30.4 Å². The van der Waals surface area contributed by atoms with E-state index in [9.17, 15) is 9.59 Å². The van der Waals surface area contributed by atoms with Crippen LogP contribution in [0.4, 0.5) is 4.79 Å². The van der Waals surface area contributed by atoms with E-state index >= 15 is 0 Å². The number of carbonyl (C=O) groups is 2. The predicted molar refractivity (Wildman–Crippen MR) is 99.6 cm³/mol. The van der Waals surface area contributed by atoms with Crippen molar-refractivity contribution in [1.29, 1.82) is 0 Å². The van der Waals surface area contributed by atoms with E-state index in [1.54, 1.807) is 4.90 Å². The Kier molecular flexibility index (Phi) is 4.57. The summed E-state index contributed by atoms with van der Waals surface area (Å²) in [5.74, 6) is -0.0693. The molecule has 2 aromatic carbocycles. The van der Waals surface area contributed by atoms with Crippen molar-refractivity contribution in [3.8, 4) is 0 Å². The minimum absolute atomic E-state index is 0.0693. The molecule has 0 saturated carbocycles. The van der Waals surface area contributed by atoms with E-state index in [0.29, 0.717) is 19.6 Å². The third-order valence-corrected chi connectivity index (χ3v) is 5.19. The molecule has 2 aliphatic rings. The summed E-state index contributed by atoms with van der Waals surface area (Å²) in [4.78, 5) is 25.3. The van der Waals surface area contributed by atoms with Crippen LogP contribution in [0.15, 0.2) is 60.3 Å². The van der Waals surface area contributed by atoms with Crippen LogP contribution in [0.25, 0.3) is 5.57 Å². The van der Waals surface area contributed by atoms with Gasteiger partial charge in [-0.2, -0.15) is 0 Å². The number of aryl methyl sites for hydroxylation is 1. The highest BCUT2D eigenvalue weighted by Crippen LogP contribution is 2.47. The zero-order chi connectivity index (χ0) is 17.9. The number of hydrogen-bond acceptors (Lipinski definition) is 3. The largest absolute Gasteiger partial charge is 0.447 e. The van der Waals surface area contributed by atoms with Gasteiger partial charge < -0.3 is 9.53 Å². The van der Waals surface area contributed by atoms with Crippen molar-refractivity contribution in [2.45, 2.75) is 25.2 Å². The van der Waals surface area contributed by atoms with E-state index in [1.807, 2.05) is 30.3 Å². The van der Waals surface area contributed by atoms with E-state index in [-0.39, 0.29) is 12.0 Å². The molecule has 2 aromatic rings. The maximum absolute atomic E-state index is 12.3. The number of hydrogen-bond donors (Lipinski definition) is 0. The van der Waals surface area contributed by atoms with Gasteiger partial charge in [-0.05, 0) is 35.1 Å². The summed E-state index contributed by atoms with van der Waals surface area (Å²) in [5, 5.41) is 0. The standard InChI is InChI=1S/C22H21NO3/c24-14-12-20-18-9-5-4-8-17(18)19(11-10-16-6-2-1-3-7-16)21(20)23-13-15-26-22(23)25/h1-9,14,20H,10-13,15H2. The second-order valence-corrected chi connectivity index (χ2v) is 6.66. The van der Waals surface area contributed by atoms with Crippen molar-refractivity contribution in [2.24, 2.45) is 0 Å². The molecule has 1 heterocycles. The zero-order valence-electron chi connectivity index (χ0n) is 14.6. The molecule has 132 valence electrons. The van der Waals surface area contributed by atoms with Crippen LogP contribution in [-0.2, 0) is 16.0 Å². The van der Waals surface area contributed by atoms with Crippen LogP contribution >= 0.6 is 0 Å². The summed E-state index contributed by atoms with van der Waals surface area (Å²) in [6.07, 6.45) is 2.75. The first-order valence-corrected chi connectivity index (χ1v) is 9.04. The third kappa shape index (κ3) is 2.92. The van der Waals surface area contributed by atoms with Crippen LogP contribution in [0, 0.1) is 0 Å². The Morgan fingerprint density at radius 3 is 2.54 bits per heavy atom. The van der Waals surface area contributed by atoms with Gasteiger partial charge in [0.05, 0.1) is 6.54 Å². The average Bonchev–Trinajstić information content (AvgIpc) is 3.22. The lowest BCUT2D eigenvalue weighted by atomic mass is 9.96. The van der Waals surface area contributed by atoms with Crippen molar-refractivity contribution in [3.63, 3.8) is 0 Å². The van der Waals surface area contributed by atoms with Crippen LogP contribution in [0.3, 0.4) is 0 Å². The summed E-state index contributed by atoms with van der Waals surface area (Å²) in [5.41, 5.74) is 5.67. The minimum Gasteiger partial charge on any atom is -0.447 e. The smallest absolute Gasteiger partial charge is 0.414 e. The molecule has 0 bridgehead atoms. The highest BCUT2D eigenvalue weighted by Gasteiger charge is 2.38. The topological polar surface area (TPSA) is 46.6 Å². The summed E-state index contributed by atoms with van der Waals surface area (Å²) in [7, 11) is 0. The van der Waals surface area contributed by atoms with Crippen LogP contribution in [0.5, 0.6) is 0 Å². The van der Waals surface area contributed by atoms with Crippen molar-refractivity contribution < 1.29 is 14.3 Å². The fraction of sp³-hybridized carbons (Fsp3) is 0.273. The Bertz CT molecular complexity index is 857. The number of ether oxygens (including phenoxy) is 1. The van der Waals surface area contributed by atoms with Gasteiger partial charge >= 0.3 is 6.09 Å². The Morgan fingerprint density at radius 1 is 1.04 bits per heavy atom. The van der Waals surface area contributed by atoms with Gasteiger partial charge in [-0.1, -0.05) is 54.6 Å². The number of allylic oxidation sites excluding steroid dienone is 2. The molecule has 26 heavy (non-hydrogen) atoms. The fourth-order valence-electron chi connectivity index (χ4n) is 4.05. The molecule has 4 nitrogen and oxygen atoms in total. The number of benzene rings is 2. The van der Waals surface area contributed by atoms with Crippen LogP contribution in [0.1, 0.15) is 35.4 Å². The highest BCUT2D eigenvalue weighted by molar-refractivity contribution is 5.84. The van der Waals surface area contributed by atoms with E-state index in [1.165, 1.54) is 5.56 Å². The number of carbonyl (C=O) groups excluding carboxylic acids is 2. The lowest BCUT2D eigenvalue weighted by Crippen LogP contribution is -2.26. The quantitative estimate of drug-likeness (QED) is 0.737. The molecule has 1 amide bonds. The summed E-state index contributed by atoms with van der Waals surface area (Å²) in [6, 6.07) is 18.5. The molecule has 1 unspecified atom stereocenters. The van der Waals surface area contributed by atoms with Gasteiger partial charge in [0, 0.05) is 18.0 Å². The Balaban J connectivity index is 1.75. The first kappa shape index (κ1) is 16.6. The lowest BCUT2D eigenvalue weighted by molar-refractivity contribution is -0.108. The molecule has 1 atom stereocenters. The van der Waals surface area contributed by atoms with E-state index < -0.39 is 0 Å². The third-order valence-electron chi connectivity index (χ3n) is 5.19. The first-order chi connectivity index (χ1) is 12.8. The summed E-state index contributed by atoms with van der Waals surface area (Å²) >= 11 is 0. The molecule has 1 aliphatic carbocycles. The molecule has 1 fully saturated rings. The second kappa shape index (κ2) is 7.16. The van der Waals surface area contributed by atoms with E-state index in [0.717, 1.165) is 41.5 Å². The number of rotatable bonds is 6. The van der Waals surface area contributed by atoms with Gasteiger partial charge in [0.1, 0.15) is 12.9 Å². The van der Waals surface area contributed by atoms with Crippen molar-refractivity contribution in [2.75, 3.05) is 13.2 Å². The summed E-state index contributed by atoms with van der Waals surface area (Å²) in [6.45, 7) is 0.949. The minimum atomic E-state index is -0.305. The number of amides is 1. The van der Waals surface area contributed by atoms with E-state index in [4.69, 9.17) is 4.74 Å². The molecule has 4 heteroatoms. The summed E-state index contributed by atoms with van der Waals surface area (Å²) < 4.78 is 5.18. The molecular weight excluding hydrogens is 326 g/mol. The van der Waals surface area contributed by atoms with Gasteiger partial charge in [0.25, 0.3) is 0 Å². The van der Waals surface area contributed by atoms with Gasteiger partial charge in [-0.3, -0.25) is 4.90 Å². The number of cyclic esters (lactones) is 1. The Morgan fingerprint density at radius 2 is 1.81 bits per heavy atom. The molecular formula is C22H21NO3. The molecule has 0 aromatic heterocycles. The van der Waals surface area contributed by atoms with Gasteiger partial charge in [-0.15, -0.1) is 0 Å². The van der Waals surface area contributed by atoms with Crippen molar-refractivity contribution in [1.82, 2.24) is 4.90 Å². The zero-order valence-corrected chi connectivity index (χ0v) is 14.6. The predicted octanol–water partition coefficient (Wildman–Crippen LogP) is 4.17. The van der Waals surface area contributed by atoms with Crippen molar-refractivity contribution >= 4 is 18.0 Å². The molecule has 1 saturated heterocycles. The molecule has 0 spiro atoms. The molecule has 1 aliphatic heterocycles. The maximum atomic E-state index is 12.3. The normalized spacial score (nSPS) is 18.8. The van der Waals surface area contributed by atoms with E-state index in [2.05, 4.69) is 24.3 Å². The molecule has 4 rings (SSSR count). The van der Waals surface area contributed by atoms with Crippen LogP contribution < -0.4 is 0 Å². The SMILES string of the molecule is O=CCC1C(N2CCOC2=O)=C(CCc2ccccc2)c2ccccc21. The molecule has 0 N–H and O–H groups in total. The Hall–Kier alpha value is -2.88. The van der Waals surface area contributed by atoms with Crippen LogP contribution in [0.2, 0.25) is 0 Å². The fourth-order valence-corrected chi connectivity index (χ4v) is 4.05. The monoisotopic (exact) mass is 347 g/mol. The Labute approximate surface area is 153 Å². The first-order valence-electron chi connectivity index (χ1n) is 9.04. The highest BCUT2D eigenvalue weighted by atomic mass is 16.6. The molecule has 0 radical (unpaired) electrons. The lowest BCUT2D eigenvalue weighted by Gasteiger charge is -2.22. The number of nitrogens with zero attached hydrogens (tertiary/aromatic N) is 1. The van der Waals surface area contributed by atoms with Crippen molar-refractivity contribution in [3.05, 3.63) is 77.0 Å². The number of fused-ring (bicyclic) bond motifs is 1. The maximum Gasteiger partial charge on any atom is 0.414 e. The average molecular weight is 347 g/mol. The van der Waals surface area contributed by atoms with Gasteiger partial charge in [0.15, 0.2) is 0 Å². The number of aldehydes is 1. The second-order valence-electron chi connectivity index (χ2n) is 6.66.